The van der Waals surface area contributed by atoms with Crippen LogP contribution in [0.25, 0.3) is 10.9 Å². The SMILES string of the molecule is CC(=O)OC[C@H]1O[C@@H](c2c(C)[nH]c3ccccc23)[C@H](OC(C)=O)[C@@H](OC(C)=O)[C@@H]1OC(C)=O. The van der Waals surface area contributed by atoms with Gasteiger partial charge in [0, 0.05) is 49.9 Å². The molecule has 1 aromatic heterocycles. The molecule has 33 heavy (non-hydrogen) atoms. The van der Waals surface area contributed by atoms with Gasteiger partial charge in [-0.15, -0.1) is 0 Å². The molecule has 10 heteroatoms. The van der Waals surface area contributed by atoms with Gasteiger partial charge in [0.1, 0.15) is 18.8 Å². The number of hydrogen-bond acceptors (Lipinski definition) is 9. The van der Waals surface area contributed by atoms with E-state index in [0.29, 0.717) is 5.56 Å². The molecule has 0 unspecified atom stereocenters. The lowest BCUT2D eigenvalue weighted by molar-refractivity contribution is -0.254. The Morgan fingerprint density at radius 3 is 2.03 bits per heavy atom. The number of carbonyl (C=O) groups excluding carboxylic acids is 4. The third-order valence-electron chi connectivity index (χ3n) is 5.22. The molecule has 0 aliphatic carbocycles. The van der Waals surface area contributed by atoms with Crippen molar-refractivity contribution >= 4 is 34.8 Å². The summed E-state index contributed by atoms with van der Waals surface area (Å²) in [4.78, 5) is 50.6. The van der Waals surface area contributed by atoms with Gasteiger partial charge in [-0.2, -0.15) is 0 Å². The summed E-state index contributed by atoms with van der Waals surface area (Å²) in [6.07, 6.45) is -5.43. The van der Waals surface area contributed by atoms with Crippen molar-refractivity contribution in [3.63, 3.8) is 0 Å². The highest BCUT2D eigenvalue weighted by molar-refractivity contribution is 5.85. The van der Waals surface area contributed by atoms with Gasteiger partial charge in [0.2, 0.25) is 0 Å². The van der Waals surface area contributed by atoms with E-state index in [1.807, 2.05) is 31.2 Å². The van der Waals surface area contributed by atoms with Crippen molar-refractivity contribution < 1.29 is 42.9 Å². The normalized spacial score (nSPS) is 24.7. The number of H-pyrrole nitrogens is 1. The van der Waals surface area contributed by atoms with Crippen LogP contribution in [0.4, 0.5) is 0 Å². The van der Waals surface area contributed by atoms with Gasteiger partial charge in [-0.25, -0.2) is 0 Å². The molecular formula is C23H27NO9. The quantitative estimate of drug-likeness (QED) is 0.508. The van der Waals surface area contributed by atoms with Gasteiger partial charge >= 0.3 is 23.9 Å². The minimum Gasteiger partial charge on any atom is -0.463 e. The fraction of sp³-hybridized carbons (Fsp3) is 0.478. The van der Waals surface area contributed by atoms with Gasteiger partial charge in [-0.1, -0.05) is 18.2 Å². The van der Waals surface area contributed by atoms with Crippen molar-refractivity contribution in [1.82, 2.24) is 4.98 Å². The lowest BCUT2D eigenvalue weighted by Crippen LogP contribution is -2.59. The van der Waals surface area contributed by atoms with E-state index in [1.54, 1.807) is 0 Å². The fourth-order valence-electron chi connectivity index (χ4n) is 4.13. The summed E-state index contributed by atoms with van der Waals surface area (Å²) in [6.45, 7) is 6.40. The summed E-state index contributed by atoms with van der Waals surface area (Å²) in [5.74, 6) is -2.54. The molecule has 1 aromatic carbocycles. The summed E-state index contributed by atoms with van der Waals surface area (Å²) < 4.78 is 27.9. The molecule has 0 radical (unpaired) electrons. The van der Waals surface area contributed by atoms with E-state index >= 15 is 0 Å². The highest BCUT2D eigenvalue weighted by atomic mass is 16.7. The Morgan fingerprint density at radius 1 is 0.848 bits per heavy atom. The van der Waals surface area contributed by atoms with Gasteiger partial charge in [0.05, 0.1) is 0 Å². The largest absolute Gasteiger partial charge is 0.463 e. The Morgan fingerprint density at radius 2 is 1.42 bits per heavy atom. The number of aryl methyl sites for hydroxylation is 1. The molecule has 0 bridgehead atoms. The first-order valence-electron chi connectivity index (χ1n) is 10.5. The second-order valence-corrected chi connectivity index (χ2v) is 7.83. The molecule has 10 nitrogen and oxygen atoms in total. The van der Waals surface area contributed by atoms with Gasteiger partial charge in [-0.05, 0) is 13.0 Å². The molecule has 1 aliphatic heterocycles. The number of fused-ring (bicyclic) bond motifs is 1. The molecule has 0 spiro atoms. The Bertz CT molecular complexity index is 1060. The molecule has 0 amide bonds. The highest BCUT2D eigenvalue weighted by Gasteiger charge is 2.53. The Hall–Kier alpha value is -3.40. The summed E-state index contributed by atoms with van der Waals surface area (Å²) in [5, 5.41) is 0.816. The average molecular weight is 461 g/mol. The molecule has 5 atom stereocenters. The second-order valence-electron chi connectivity index (χ2n) is 7.83. The minimum atomic E-state index is -1.21. The number of esters is 4. The van der Waals surface area contributed by atoms with Crippen molar-refractivity contribution in [1.29, 1.82) is 0 Å². The summed E-state index contributed by atoms with van der Waals surface area (Å²) >= 11 is 0. The van der Waals surface area contributed by atoms with Crippen molar-refractivity contribution in [3.8, 4) is 0 Å². The first kappa shape index (κ1) is 24.2. The van der Waals surface area contributed by atoms with Crippen molar-refractivity contribution in [2.45, 2.75) is 65.1 Å². The van der Waals surface area contributed by atoms with Gasteiger partial charge < -0.3 is 28.7 Å². The zero-order valence-electron chi connectivity index (χ0n) is 19.1. The predicted molar refractivity (Wildman–Crippen MR) is 114 cm³/mol. The van der Waals surface area contributed by atoms with Crippen molar-refractivity contribution in [2.75, 3.05) is 6.61 Å². The van der Waals surface area contributed by atoms with E-state index in [9.17, 15) is 19.2 Å². The third-order valence-corrected chi connectivity index (χ3v) is 5.22. The number of carbonyl (C=O) groups is 4. The number of aromatic nitrogens is 1. The molecule has 2 aromatic rings. The Labute approximate surface area is 190 Å². The topological polar surface area (TPSA) is 130 Å². The molecule has 0 saturated carbocycles. The smallest absolute Gasteiger partial charge is 0.303 e. The predicted octanol–water partition coefficient (Wildman–Crippen LogP) is 2.27. The zero-order chi connectivity index (χ0) is 24.3. The third kappa shape index (κ3) is 5.51. The number of rotatable bonds is 6. The van der Waals surface area contributed by atoms with Crippen LogP contribution in [0.2, 0.25) is 0 Å². The van der Waals surface area contributed by atoms with E-state index in [2.05, 4.69) is 4.98 Å². The van der Waals surface area contributed by atoms with Crippen LogP contribution in [-0.4, -0.2) is 59.9 Å². The standard InChI is InChI=1S/C23H27NO9/c1-11-19(16-8-6-7-9-17(16)24-11)21-23(32-15(5)28)22(31-14(4)27)20(30-13(3)26)18(33-21)10-29-12(2)25/h6-9,18,20-24H,10H2,1-5H3/t18-,20-,21+,22+,23+/m1/s1. The number of nitrogens with one attached hydrogen (secondary N) is 1. The molecule has 178 valence electrons. The lowest BCUT2D eigenvalue weighted by Gasteiger charge is -2.44. The molecule has 2 heterocycles. The number of para-hydroxylation sites is 1. The van der Waals surface area contributed by atoms with E-state index in [0.717, 1.165) is 16.6 Å². The van der Waals surface area contributed by atoms with Crippen LogP contribution in [0.1, 0.15) is 45.1 Å². The Kier molecular flexibility index (Phi) is 7.37. The average Bonchev–Trinajstić information content (AvgIpc) is 3.04. The van der Waals surface area contributed by atoms with Crippen LogP contribution in [0.5, 0.6) is 0 Å². The van der Waals surface area contributed by atoms with Gasteiger partial charge in [0.15, 0.2) is 18.3 Å². The number of ether oxygens (including phenoxy) is 5. The van der Waals surface area contributed by atoms with Crippen LogP contribution in [0, 0.1) is 6.92 Å². The zero-order valence-corrected chi connectivity index (χ0v) is 19.1. The van der Waals surface area contributed by atoms with E-state index in [4.69, 9.17) is 23.7 Å². The van der Waals surface area contributed by atoms with E-state index < -0.39 is 54.4 Å². The second kappa shape index (κ2) is 10.0. The Balaban J connectivity index is 2.15. The first-order valence-corrected chi connectivity index (χ1v) is 10.5. The van der Waals surface area contributed by atoms with E-state index in [1.165, 1.54) is 27.7 Å². The monoisotopic (exact) mass is 461 g/mol. The van der Waals surface area contributed by atoms with Crippen LogP contribution in [-0.2, 0) is 42.9 Å². The van der Waals surface area contributed by atoms with Gasteiger partial charge in [-0.3, -0.25) is 19.2 Å². The fourth-order valence-corrected chi connectivity index (χ4v) is 4.13. The van der Waals surface area contributed by atoms with Crippen LogP contribution >= 0.6 is 0 Å². The summed E-state index contributed by atoms with van der Waals surface area (Å²) in [7, 11) is 0. The molecule has 1 fully saturated rings. The first-order chi connectivity index (χ1) is 15.6. The van der Waals surface area contributed by atoms with Crippen molar-refractivity contribution in [2.24, 2.45) is 0 Å². The van der Waals surface area contributed by atoms with Crippen LogP contribution in [0.3, 0.4) is 0 Å². The number of benzene rings is 1. The van der Waals surface area contributed by atoms with Gasteiger partial charge in [0.25, 0.3) is 0 Å². The molecule has 1 aliphatic rings. The molecule has 1 N–H and O–H groups in total. The number of hydrogen-bond donors (Lipinski definition) is 1. The maximum Gasteiger partial charge on any atom is 0.303 e. The summed E-state index contributed by atoms with van der Waals surface area (Å²) in [6, 6.07) is 7.49. The molecule has 1 saturated heterocycles. The molecular weight excluding hydrogens is 434 g/mol. The minimum absolute atomic E-state index is 0.268. The molecule has 3 rings (SSSR count). The van der Waals surface area contributed by atoms with E-state index in [-0.39, 0.29) is 6.61 Å². The van der Waals surface area contributed by atoms with Crippen molar-refractivity contribution in [3.05, 3.63) is 35.5 Å². The van der Waals surface area contributed by atoms with Crippen LogP contribution in [0.15, 0.2) is 24.3 Å². The number of aromatic amines is 1. The maximum absolute atomic E-state index is 12.0. The summed E-state index contributed by atoms with van der Waals surface area (Å²) in [5.41, 5.74) is 2.26. The highest BCUT2D eigenvalue weighted by Crippen LogP contribution is 2.41. The maximum atomic E-state index is 12.0. The lowest BCUT2D eigenvalue weighted by atomic mass is 9.89. The van der Waals surface area contributed by atoms with Crippen LogP contribution < -0.4 is 0 Å².